The maximum atomic E-state index is 12.5. The van der Waals surface area contributed by atoms with Crippen molar-refractivity contribution in [2.24, 2.45) is 5.73 Å². The normalized spacial score (nSPS) is 19.0. The second-order valence-electron chi connectivity index (χ2n) is 5.47. The highest BCUT2D eigenvalue weighted by molar-refractivity contribution is 5.95. The number of alkyl halides is 2. The number of hydrogen-bond acceptors (Lipinski definition) is 3. The van der Waals surface area contributed by atoms with Crippen molar-refractivity contribution in [2.45, 2.75) is 39.3 Å². The van der Waals surface area contributed by atoms with Gasteiger partial charge in [0.25, 0.3) is 5.91 Å². The highest BCUT2D eigenvalue weighted by Crippen LogP contribution is 2.27. The molecule has 0 spiro atoms. The van der Waals surface area contributed by atoms with Crippen LogP contribution in [0.5, 0.6) is 5.75 Å². The summed E-state index contributed by atoms with van der Waals surface area (Å²) >= 11 is 0. The van der Waals surface area contributed by atoms with Gasteiger partial charge in [0.05, 0.1) is 0 Å². The number of piperidine rings is 1. The number of nitrogens with zero attached hydrogens (tertiary/aromatic N) is 1. The Labute approximate surface area is 122 Å². The van der Waals surface area contributed by atoms with Gasteiger partial charge < -0.3 is 15.4 Å². The number of benzene rings is 1. The molecule has 1 aliphatic rings. The van der Waals surface area contributed by atoms with Crippen molar-refractivity contribution in [1.29, 1.82) is 0 Å². The number of amides is 1. The zero-order valence-corrected chi connectivity index (χ0v) is 12.2. The Balaban J connectivity index is 2.22. The number of ether oxygens (including phenoxy) is 1. The minimum Gasteiger partial charge on any atom is -0.434 e. The van der Waals surface area contributed by atoms with Gasteiger partial charge in [-0.25, -0.2) is 0 Å². The topological polar surface area (TPSA) is 55.6 Å². The van der Waals surface area contributed by atoms with Crippen LogP contribution < -0.4 is 10.5 Å². The largest absolute Gasteiger partial charge is 0.434 e. The van der Waals surface area contributed by atoms with E-state index in [1.54, 1.807) is 30.9 Å². The molecule has 0 saturated carbocycles. The van der Waals surface area contributed by atoms with Crippen molar-refractivity contribution in [1.82, 2.24) is 4.90 Å². The summed E-state index contributed by atoms with van der Waals surface area (Å²) in [5, 5.41) is 0. The van der Waals surface area contributed by atoms with Gasteiger partial charge in [-0.1, -0.05) is 0 Å². The summed E-state index contributed by atoms with van der Waals surface area (Å²) in [6.45, 7) is 1.66. The zero-order chi connectivity index (χ0) is 15.6. The van der Waals surface area contributed by atoms with Crippen molar-refractivity contribution in [3.05, 3.63) is 28.8 Å². The van der Waals surface area contributed by atoms with Gasteiger partial charge in [-0.05, 0) is 49.9 Å². The van der Waals surface area contributed by atoms with E-state index in [9.17, 15) is 13.6 Å². The smallest absolute Gasteiger partial charge is 0.387 e. The first kappa shape index (κ1) is 15.7. The van der Waals surface area contributed by atoms with Crippen molar-refractivity contribution in [3.8, 4) is 5.75 Å². The average Bonchev–Trinajstić information content (AvgIpc) is 2.41. The molecule has 1 aliphatic heterocycles. The molecule has 2 rings (SSSR count). The van der Waals surface area contributed by atoms with Crippen LogP contribution in [0.25, 0.3) is 0 Å². The summed E-state index contributed by atoms with van der Waals surface area (Å²) in [6.07, 6.45) is 1.81. The summed E-state index contributed by atoms with van der Waals surface area (Å²) in [4.78, 5) is 14.2. The molecule has 1 amide bonds. The van der Waals surface area contributed by atoms with Crippen LogP contribution in [0, 0.1) is 13.8 Å². The molecule has 1 fully saturated rings. The second-order valence-corrected chi connectivity index (χ2v) is 5.47. The van der Waals surface area contributed by atoms with Crippen LogP contribution in [-0.2, 0) is 0 Å². The highest BCUT2D eigenvalue weighted by Gasteiger charge is 2.23. The van der Waals surface area contributed by atoms with Crippen LogP contribution in [0.1, 0.15) is 34.3 Å². The van der Waals surface area contributed by atoms with Gasteiger partial charge in [-0.15, -0.1) is 0 Å². The molecule has 0 bridgehead atoms. The molecule has 1 aromatic carbocycles. The minimum atomic E-state index is -2.87. The van der Waals surface area contributed by atoms with Crippen molar-refractivity contribution in [2.75, 3.05) is 13.1 Å². The maximum absolute atomic E-state index is 12.5. The standard InChI is InChI=1S/C15H20F2N2O2/c1-9-6-11(7-10(2)13(9)21-15(16)17)14(20)19-5-3-4-12(18)8-19/h6-7,12,15H,3-5,8,18H2,1-2H3. The second kappa shape index (κ2) is 6.39. The van der Waals surface area contributed by atoms with E-state index in [1.807, 2.05) is 0 Å². The Morgan fingerprint density at radius 2 is 2.00 bits per heavy atom. The molecule has 0 aliphatic carbocycles. The third-order valence-electron chi connectivity index (χ3n) is 3.66. The van der Waals surface area contributed by atoms with Crippen molar-refractivity contribution >= 4 is 5.91 Å². The zero-order valence-electron chi connectivity index (χ0n) is 12.2. The monoisotopic (exact) mass is 298 g/mol. The molecule has 0 radical (unpaired) electrons. The molecular weight excluding hydrogens is 278 g/mol. The molecule has 1 heterocycles. The van der Waals surface area contributed by atoms with Crippen LogP contribution >= 0.6 is 0 Å². The first-order valence-electron chi connectivity index (χ1n) is 6.99. The van der Waals surface area contributed by atoms with Gasteiger partial charge in [-0.3, -0.25) is 4.79 Å². The van der Waals surface area contributed by atoms with Crippen LogP contribution in [0.2, 0.25) is 0 Å². The number of carbonyl (C=O) groups is 1. The van der Waals surface area contributed by atoms with Crippen molar-refractivity contribution in [3.63, 3.8) is 0 Å². The quantitative estimate of drug-likeness (QED) is 0.932. The Bertz CT molecular complexity index is 511. The van der Waals surface area contributed by atoms with Gasteiger partial charge in [0.1, 0.15) is 5.75 Å². The van der Waals surface area contributed by atoms with E-state index >= 15 is 0 Å². The Morgan fingerprint density at radius 1 is 1.38 bits per heavy atom. The lowest BCUT2D eigenvalue weighted by molar-refractivity contribution is -0.0507. The van der Waals surface area contributed by atoms with Gasteiger partial charge in [-0.2, -0.15) is 8.78 Å². The Hall–Kier alpha value is -1.69. The average molecular weight is 298 g/mol. The van der Waals surface area contributed by atoms with Crippen LogP contribution in [0.15, 0.2) is 12.1 Å². The molecule has 1 saturated heterocycles. The number of rotatable bonds is 3. The molecule has 1 unspecified atom stereocenters. The number of halogens is 2. The van der Waals surface area contributed by atoms with E-state index in [4.69, 9.17) is 5.73 Å². The lowest BCUT2D eigenvalue weighted by atomic mass is 10.0. The Kier molecular flexibility index (Phi) is 4.77. The summed E-state index contributed by atoms with van der Waals surface area (Å²) in [6, 6.07) is 3.19. The van der Waals surface area contributed by atoms with Gasteiger partial charge in [0, 0.05) is 24.7 Å². The molecule has 6 heteroatoms. The maximum Gasteiger partial charge on any atom is 0.387 e. The number of hydrogen-bond donors (Lipinski definition) is 1. The molecule has 21 heavy (non-hydrogen) atoms. The molecule has 1 aromatic rings. The molecule has 2 N–H and O–H groups in total. The molecule has 116 valence electrons. The fourth-order valence-electron chi connectivity index (χ4n) is 2.73. The van der Waals surface area contributed by atoms with E-state index in [0.717, 1.165) is 12.8 Å². The van der Waals surface area contributed by atoms with E-state index in [-0.39, 0.29) is 17.7 Å². The lowest BCUT2D eigenvalue weighted by Gasteiger charge is -2.31. The molecule has 0 aromatic heterocycles. The lowest BCUT2D eigenvalue weighted by Crippen LogP contribution is -2.45. The predicted octanol–water partition coefficient (Wildman–Crippen LogP) is 2.47. The SMILES string of the molecule is Cc1cc(C(=O)N2CCCC(N)C2)cc(C)c1OC(F)F. The van der Waals surface area contributed by atoms with Gasteiger partial charge >= 0.3 is 6.61 Å². The fraction of sp³-hybridized carbons (Fsp3) is 0.533. The predicted molar refractivity (Wildman–Crippen MR) is 75.7 cm³/mol. The molecular formula is C15H20F2N2O2. The number of nitrogens with two attached hydrogens (primary N) is 1. The number of aryl methyl sites for hydroxylation is 2. The first-order chi connectivity index (χ1) is 9.88. The summed E-state index contributed by atoms with van der Waals surface area (Å²) < 4.78 is 29.2. The third-order valence-corrected chi connectivity index (χ3v) is 3.66. The molecule has 1 atom stereocenters. The van der Waals surface area contributed by atoms with Crippen LogP contribution in [0.3, 0.4) is 0 Å². The number of likely N-dealkylation sites (tertiary alicyclic amines) is 1. The van der Waals surface area contributed by atoms with E-state index < -0.39 is 6.61 Å². The Morgan fingerprint density at radius 3 is 2.52 bits per heavy atom. The van der Waals surface area contributed by atoms with Gasteiger partial charge in [0.2, 0.25) is 0 Å². The fourth-order valence-corrected chi connectivity index (χ4v) is 2.73. The van der Waals surface area contributed by atoms with Crippen LogP contribution in [-0.4, -0.2) is 36.5 Å². The van der Waals surface area contributed by atoms with E-state index in [1.165, 1.54) is 0 Å². The minimum absolute atomic E-state index is 0.00586. The van der Waals surface area contributed by atoms with E-state index in [0.29, 0.717) is 29.8 Å². The number of carbonyl (C=O) groups excluding carboxylic acids is 1. The van der Waals surface area contributed by atoms with Crippen LogP contribution in [0.4, 0.5) is 8.78 Å². The summed E-state index contributed by atoms with van der Waals surface area (Å²) in [5.74, 6) is 0.0249. The summed E-state index contributed by atoms with van der Waals surface area (Å²) in [5.41, 5.74) is 7.42. The highest BCUT2D eigenvalue weighted by atomic mass is 19.3. The van der Waals surface area contributed by atoms with E-state index in [2.05, 4.69) is 4.74 Å². The first-order valence-corrected chi connectivity index (χ1v) is 6.99. The van der Waals surface area contributed by atoms with Crippen molar-refractivity contribution < 1.29 is 18.3 Å². The van der Waals surface area contributed by atoms with Gasteiger partial charge in [0.15, 0.2) is 0 Å². The third kappa shape index (κ3) is 3.69. The molecule has 4 nitrogen and oxygen atoms in total. The summed E-state index contributed by atoms with van der Waals surface area (Å²) in [7, 11) is 0.